The summed E-state index contributed by atoms with van der Waals surface area (Å²) in [4.78, 5) is 4.42. The third-order valence-electron chi connectivity index (χ3n) is 3.60. The van der Waals surface area contributed by atoms with E-state index >= 15 is 0 Å². The molecule has 2 aromatic rings. The molecule has 0 amide bonds. The lowest BCUT2D eigenvalue weighted by molar-refractivity contribution is 0.484. The standard InChI is InChI=1S/C18H26N2O/c1-12(2)19-8-6-7-17-20-11-16(21-17)18-14(4)9-13(3)10-15(18)5/h9-12,19H,6-8H2,1-5H3. The van der Waals surface area contributed by atoms with Crippen molar-refractivity contribution in [2.75, 3.05) is 6.54 Å². The first-order chi connectivity index (χ1) is 9.97. The molecule has 0 atom stereocenters. The summed E-state index contributed by atoms with van der Waals surface area (Å²) in [7, 11) is 0. The molecule has 0 saturated heterocycles. The van der Waals surface area contributed by atoms with Crippen LogP contribution in [0.25, 0.3) is 11.3 Å². The van der Waals surface area contributed by atoms with Crippen molar-refractivity contribution in [3.8, 4) is 11.3 Å². The summed E-state index contributed by atoms with van der Waals surface area (Å²) >= 11 is 0. The first-order valence-corrected chi connectivity index (χ1v) is 7.73. The van der Waals surface area contributed by atoms with E-state index in [-0.39, 0.29) is 0 Å². The Balaban J connectivity index is 2.06. The van der Waals surface area contributed by atoms with Crippen molar-refractivity contribution in [2.24, 2.45) is 0 Å². The number of benzene rings is 1. The number of hydrogen-bond acceptors (Lipinski definition) is 3. The molecule has 2 rings (SSSR count). The van der Waals surface area contributed by atoms with Crippen LogP contribution in [-0.2, 0) is 6.42 Å². The van der Waals surface area contributed by atoms with Crippen molar-refractivity contribution in [3.63, 3.8) is 0 Å². The third kappa shape index (κ3) is 4.18. The van der Waals surface area contributed by atoms with Gasteiger partial charge in [0.25, 0.3) is 0 Å². The Kier molecular flexibility index (Phi) is 5.18. The fourth-order valence-corrected chi connectivity index (χ4v) is 2.74. The molecule has 0 unspecified atom stereocenters. The van der Waals surface area contributed by atoms with Gasteiger partial charge in [-0.15, -0.1) is 0 Å². The number of hydrogen-bond donors (Lipinski definition) is 1. The number of nitrogens with zero attached hydrogens (tertiary/aromatic N) is 1. The van der Waals surface area contributed by atoms with Gasteiger partial charge in [0.2, 0.25) is 0 Å². The molecule has 0 spiro atoms. The second-order valence-electron chi connectivity index (χ2n) is 6.10. The fourth-order valence-electron chi connectivity index (χ4n) is 2.74. The third-order valence-corrected chi connectivity index (χ3v) is 3.60. The number of oxazole rings is 1. The molecule has 1 heterocycles. The van der Waals surface area contributed by atoms with E-state index in [2.05, 4.69) is 57.1 Å². The van der Waals surface area contributed by atoms with Crippen LogP contribution in [0, 0.1) is 20.8 Å². The van der Waals surface area contributed by atoms with E-state index in [0.29, 0.717) is 6.04 Å². The molecule has 1 aromatic carbocycles. The van der Waals surface area contributed by atoms with Crippen LogP contribution in [0.15, 0.2) is 22.7 Å². The zero-order valence-electron chi connectivity index (χ0n) is 13.8. The van der Waals surface area contributed by atoms with Crippen LogP contribution in [0.4, 0.5) is 0 Å². The van der Waals surface area contributed by atoms with Crippen LogP contribution in [0.5, 0.6) is 0 Å². The molecule has 0 aliphatic rings. The maximum absolute atomic E-state index is 5.94. The zero-order valence-corrected chi connectivity index (χ0v) is 13.8. The Bertz CT molecular complexity index is 576. The van der Waals surface area contributed by atoms with Gasteiger partial charge in [-0.2, -0.15) is 0 Å². The summed E-state index contributed by atoms with van der Waals surface area (Å²) in [5, 5.41) is 3.41. The normalized spacial score (nSPS) is 11.3. The quantitative estimate of drug-likeness (QED) is 0.809. The van der Waals surface area contributed by atoms with Crippen molar-refractivity contribution in [1.82, 2.24) is 10.3 Å². The summed E-state index contributed by atoms with van der Waals surface area (Å²) in [6, 6.07) is 4.91. The van der Waals surface area contributed by atoms with Gasteiger partial charge < -0.3 is 9.73 Å². The molecule has 21 heavy (non-hydrogen) atoms. The first-order valence-electron chi connectivity index (χ1n) is 7.73. The highest BCUT2D eigenvalue weighted by Gasteiger charge is 2.12. The summed E-state index contributed by atoms with van der Waals surface area (Å²) in [6.07, 6.45) is 3.78. The van der Waals surface area contributed by atoms with Gasteiger partial charge in [0, 0.05) is 18.0 Å². The van der Waals surface area contributed by atoms with E-state index in [4.69, 9.17) is 4.42 Å². The smallest absolute Gasteiger partial charge is 0.194 e. The van der Waals surface area contributed by atoms with Crippen LogP contribution in [0.1, 0.15) is 42.8 Å². The summed E-state index contributed by atoms with van der Waals surface area (Å²) in [5.74, 6) is 1.71. The molecule has 0 bridgehead atoms. The van der Waals surface area contributed by atoms with Gasteiger partial charge in [0.05, 0.1) is 6.20 Å². The van der Waals surface area contributed by atoms with Crippen LogP contribution >= 0.6 is 0 Å². The van der Waals surface area contributed by atoms with E-state index in [1.165, 1.54) is 22.3 Å². The summed E-state index contributed by atoms with van der Waals surface area (Å²) in [6.45, 7) is 11.7. The fraction of sp³-hybridized carbons (Fsp3) is 0.500. The van der Waals surface area contributed by atoms with Gasteiger partial charge in [0.15, 0.2) is 11.7 Å². The van der Waals surface area contributed by atoms with Crippen LogP contribution in [-0.4, -0.2) is 17.6 Å². The van der Waals surface area contributed by atoms with E-state index in [9.17, 15) is 0 Å². The highest BCUT2D eigenvalue weighted by atomic mass is 16.4. The minimum absolute atomic E-state index is 0.531. The molecule has 3 nitrogen and oxygen atoms in total. The molecule has 0 saturated carbocycles. The van der Waals surface area contributed by atoms with Gasteiger partial charge in [-0.25, -0.2) is 4.98 Å². The lowest BCUT2D eigenvalue weighted by Gasteiger charge is -2.08. The predicted octanol–water partition coefficient (Wildman–Crippen LogP) is 4.20. The molecule has 0 aliphatic heterocycles. The molecule has 1 aromatic heterocycles. The predicted molar refractivity (Wildman–Crippen MR) is 87.6 cm³/mol. The number of aromatic nitrogens is 1. The van der Waals surface area contributed by atoms with Gasteiger partial charge in [-0.3, -0.25) is 0 Å². The maximum Gasteiger partial charge on any atom is 0.194 e. The van der Waals surface area contributed by atoms with E-state index < -0.39 is 0 Å². The Hall–Kier alpha value is -1.61. The Morgan fingerprint density at radius 2 is 1.81 bits per heavy atom. The second-order valence-corrected chi connectivity index (χ2v) is 6.10. The van der Waals surface area contributed by atoms with Crippen molar-refractivity contribution in [2.45, 2.75) is 53.5 Å². The first kappa shape index (κ1) is 15.8. The van der Waals surface area contributed by atoms with Gasteiger partial charge in [-0.05, 0) is 44.9 Å². The minimum Gasteiger partial charge on any atom is -0.441 e. The van der Waals surface area contributed by atoms with Gasteiger partial charge >= 0.3 is 0 Å². The number of aryl methyl sites for hydroxylation is 4. The highest BCUT2D eigenvalue weighted by molar-refractivity contribution is 5.66. The maximum atomic E-state index is 5.94. The van der Waals surface area contributed by atoms with E-state index in [0.717, 1.165) is 31.0 Å². The summed E-state index contributed by atoms with van der Waals surface area (Å²) in [5.41, 5.74) is 4.96. The molecule has 0 radical (unpaired) electrons. The van der Waals surface area contributed by atoms with Gasteiger partial charge in [-0.1, -0.05) is 31.5 Å². The SMILES string of the molecule is Cc1cc(C)c(-c2cnc(CCCNC(C)C)o2)c(C)c1. The molecular weight excluding hydrogens is 260 g/mol. The Morgan fingerprint density at radius 1 is 1.14 bits per heavy atom. The molecule has 114 valence electrons. The minimum atomic E-state index is 0.531. The van der Waals surface area contributed by atoms with Crippen LogP contribution in [0.2, 0.25) is 0 Å². The molecule has 0 aliphatic carbocycles. The topological polar surface area (TPSA) is 38.1 Å². The Labute approximate surface area is 127 Å². The number of nitrogens with one attached hydrogen (secondary N) is 1. The van der Waals surface area contributed by atoms with E-state index in [1.54, 1.807) is 0 Å². The largest absolute Gasteiger partial charge is 0.441 e. The molecule has 1 N–H and O–H groups in total. The molecule has 3 heteroatoms. The zero-order chi connectivity index (χ0) is 15.4. The van der Waals surface area contributed by atoms with Crippen molar-refractivity contribution >= 4 is 0 Å². The lowest BCUT2D eigenvalue weighted by Crippen LogP contribution is -2.23. The average Bonchev–Trinajstić information content (AvgIpc) is 2.81. The van der Waals surface area contributed by atoms with Gasteiger partial charge in [0.1, 0.15) is 0 Å². The lowest BCUT2D eigenvalue weighted by atomic mass is 9.98. The van der Waals surface area contributed by atoms with Crippen LogP contribution in [0.3, 0.4) is 0 Å². The molecule has 0 fully saturated rings. The van der Waals surface area contributed by atoms with Crippen molar-refractivity contribution in [3.05, 3.63) is 40.9 Å². The monoisotopic (exact) mass is 286 g/mol. The number of rotatable bonds is 6. The highest BCUT2D eigenvalue weighted by Crippen LogP contribution is 2.29. The van der Waals surface area contributed by atoms with Crippen molar-refractivity contribution < 1.29 is 4.42 Å². The van der Waals surface area contributed by atoms with E-state index in [1.807, 2.05) is 6.20 Å². The second kappa shape index (κ2) is 6.90. The molecular formula is C18H26N2O. The summed E-state index contributed by atoms with van der Waals surface area (Å²) < 4.78 is 5.94. The average molecular weight is 286 g/mol. The Morgan fingerprint density at radius 3 is 2.43 bits per heavy atom. The van der Waals surface area contributed by atoms with Crippen LogP contribution < -0.4 is 5.32 Å². The van der Waals surface area contributed by atoms with Crippen molar-refractivity contribution in [1.29, 1.82) is 0 Å².